The Morgan fingerprint density at radius 1 is 1.25 bits per heavy atom. The summed E-state index contributed by atoms with van der Waals surface area (Å²) in [5.41, 5.74) is 0.985. The number of amides is 2. The molecule has 0 unspecified atom stereocenters. The number of carbonyl (C=O) groups is 2. The quantitative estimate of drug-likeness (QED) is 0.812. The van der Waals surface area contributed by atoms with Gasteiger partial charge in [0.05, 0.1) is 0 Å². The number of rotatable bonds is 6. The third kappa shape index (κ3) is 4.99. The van der Waals surface area contributed by atoms with Crippen molar-refractivity contribution in [2.24, 2.45) is 0 Å². The van der Waals surface area contributed by atoms with E-state index < -0.39 is 11.8 Å². The number of unbranched alkanes of at least 4 members (excludes halogenated alkanes) is 1. The molecule has 1 rings (SSSR count). The van der Waals surface area contributed by atoms with Crippen LogP contribution in [0, 0.1) is 6.92 Å². The maximum atomic E-state index is 12.1. The fourth-order valence-electron chi connectivity index (χ4n) is 1.85. The number of hydrogen-bond donors (Lipinski definition) is 1. The van der Waals surface area contributed by atoms with Crippen molar-refractivity contribution < 1.29 is 9.59 Å². The van der Waals surface area contributed by atoms with Crippen LogP contribution in [0.25, 0.3) is 0 Å². The number of aromatic nitrogens is 1. The van der Waals surface area contributed by atoms with Crippen LogP contribution in [0.15, 0.2) is 18.3 Å². The average molecular weight is 277 g/mol. The fraction of sp³-hybridized carbons (Fsp3) is 0.533. The first-order chi connectivity index (χ1) is 9.58. The van der Waals surface area contributed by atoms with E-state index in [0.29, 0.717) is 18.9 Å². The molecule has 0 aliphatic carbocycles. The predicted octanol–water partition coefficient (Wildman–Crippen LogP) is 2.37. The first-order valence-electron chi connectivity index (χ1n) is 7.11. The molecule has 5 nitrogen and oxygen atoms in total. The summed E-state index contributed by atoms with van der Waals surface area (Å²) in [6, 6.07) is 3.57. The van der Waals surface area contributed by atoms with Crippen molar-refractivity contribution in [2.75, 3.05) is 18.4 Å². The molecule has 1 heterocycles. The van der Waals surface area contributed by atoms with Gasteiger partial charge in [-0.25, -0.2) is 4.98 Å². The van der Waals surface area contributed by atoms with Crippen molar-refractivity contribution >= 4 is 17.6 Å². The second-order valence-corrected chi connectivity index (χ2v) is 4.82. The van der Waals surface area contributed by atoms with Crippen LogP contribution in [-0.2, 0) is 9.59 Å². The highest BCUT2D eigenvalue weighted by Crippen LogP contribution is 2.06. The molecule has 0 fully saturated rings. The van der Waals surface area contributed by atoms with E-state index in [1.54, 1.807) is 17.2 Å². The summed E-state index contributed by atoms with van der Waals surface area (Å²) in [7, 11) is 0. The molecule has 0 atom stereocenters. The van der Waals surface area contributed by atoms with Crippen molar-refractivity contribution in [3.05, 3.63) is 23.9 Å². The topological polar surface area (TPSA) is 62.3 Å². The zero-order chi connectivity index (χ0) is 15.0. The normalized spacial score (nSPS) is 10.2. The fourth-order valence-corrected chi connectivity index (χ4v) is 1.85. The minimum absolute atomic E-state index is 0.412. The monoisotopic (exact) mass is 277 g/mol. The predicted molar refractivity (Wildman–Crippen MR) is 79.4 cm³/mol. The van der Waals surface area contributed by atoms with E-state index in [9.17, 15) is 9.59 Å². The van der Waals surface area contributed by atoms with Gasteiger partial charge in [0.25, 0.3) is 0 Å². The molecule has 5 heteroatoms. The molecule has 0 aromatic carbocycles. The lowest BCUT2D eigenvalue weighted by atomic mass is 10.3. The lowest BCUT2D eigenvalue weighted by Gasteiger charge is -2.21. The number of pyridine rings is 1. The van der Waals surface area contributed by atoms with Crippen LogP contribution in [0.4, 0.5) is 5.82 Å². The van der Waals surface area contributed by atoms with Gasteiger partial charge in [-0.1, -0.05) is 20.3 Å². The molecule has 0 spiro atoms. The summed E-state index contributed by atoms with van der Waals surface area (Å²) in [4.78, 5) is 29.7. The molecule has 1 N–H and O–H groups in total. The maximum Gasteiger partial charge on any atom is 0.315 e. The van der Waals surface area contributed by atoms with Gasteiger partial charge >= 0.3 is 11.8 Å². The Bertz CT molecular complexity index is 460. The largest absolute Gasteiger partial charge is 0.334 e. The Morgan fingerprint density at radius 2 is 2.00 bits per heavy atom. The number of anilines is 1. The minimum Gasteiger partial charge on any atom is -0.334 e. The van der Waals surface area contributed by atoms with Gasteiger partial charge in [-0.2, -0.15) is 0 Å². The number of aryl methyl sites for hydroxylation is 1. The second-order valence-electron chi connectivity index (χ2n) is 4.82. The molecule has 2 amide bonds. The van der Waals surface area contributed by atoms with E-state index >= 15 is 0 Å². The molecule has 1 aromatic rings. The van der Waals surface area contributed by atoms with Gasteiger partial charge in [0.2, 0.25) is 0 Å². The molecule has 0 radical (unpaired) electrons. The van der Waals surface area contributed by atoms with Crippen molar-refractivity contribution in [1.82, 2.24) is 9.88 Å². The van der Waals surface area contributed by atoms with Crippen LogP contribution < -0.4 is 5.32 Å². The smallest absolute Gasteiger partial charge is 0.315 e. The zero-order valence-corrected chi connectivity index (χ0v) is 12.5. The molecule has 110 valence electrons. The molecule has 0 aliphatic rings. The highest BCUT2D eigenvalue weighted by molar-refractivity contribution is 6.39. The van der Waals surface area contributed by atoms with Crippen LogP contribution in [0.1, 0.15) is 38.7 Å². The number of nitrogens with one attached hydrogen (secondary N) is 1. The SMILES string of the molecule is CCCCN(CCC)C(=O)C(=O)Nc1cc(C)ccn1. The number of hydrogen-bond acceptors (Lipinski definition) is 3. The Balaban J connectivity index is 2.66. The van der Waals surface area contributed by atoms with Gasteiger partial charge in [-0.15, -0.1) is 0 Å². The summed E-state index contributed by atoms with van der Waals surface area (Å²) in [5.74, 6) is -0.688. The number of nitrogens with zero attached hydrogens (tertiary/aromatic N) is 2. The summed E-state index contributed by atoms with van der Waals surface area (Å²) in [5, 5.41) is 2.56. The lowest BCUT2D eigenvalue weighted by molar-refractivity contribution is -0.143. The van der Waals surface area contributed by atoms with Crippen LogP contribution in [0.3, 0.4) is 0 Å². The van der Waals surface area contributed by atoms with E-state index in [1.807, 2.05) is 19.9 Å². The van der Waals surface area contributed by atoms with E-state index in [-0.39, 0.29) is 0 Å². The molecule has 0 saturated carbocycles. The lowest BCUT2D eigenvalue weighted by Crippen LogP contribution is -2.40. The van der Waals surface area contributed by atoms with E-state index in [4.69, 9.17) is 0 Å². The van der Waals surface area contributed by atoms with Crippen LogP contribution >= 0.6 is 0 Å². The van der Waals surface area contributed by atoms with Gasteiger partial charge in [0.1, 0.15) is 5.82 Å². The van der Waals surface area contributed by atoms with E-state index in [0.717, 1.165) is 24.8 Å². The van der Waals surface area contributed by atoms with Gasteiger partial charge in [0, 0.05) is 19.3 Å². The van der Waals surface area contributed by atoms with Gasteiger partial charge in [-0.05, 0) is 37.5 Å². The third-order valence-corrected chi connectivity index (χ3v) is 2.91. The van der Waals surface area contributed by atoms with Gasteiger partial charge < -0.3 is 10.2 Å². The minimum atomic E-state index is -0.618. The Kier molecular flexibility index (Phi) is 6.70. The molecule has 20 heavy (non-hydrogen) atoms. The molecule has 1 aromatic heterocycles. The van der Waals surface area contributed by atoms with Crippen LogP contribution in [-0.4, -0.2) is 34.8 Å². The zero-order valence-electron chi connectivity index (χ0n) is 12.5. The Hall–Kier alpha value is -1.91. The van der Waals surface area contributed by atoms with Crippen molar-refractivity contribution in [3.8, 4) is 0 Å². The molecule has 0 aliphatic heterocycles. The van der Waals surface area contributed by atoms with E-state index in [1.165, 1.54) is 0 Å². The van der Waals surface area contributed by atoms with Crippen molar-refractivity contribution in [1.29, 1.82) is 0 Å². The maximum absolute atomic E-state index is 12.1. The van der Waals surface area contributed by atoms with Crippen molar-refractivity contribution in [3.63, 3.8) is 0 Å². The summed E-state index contributed by atoms with van der Waals surface area (Å²) < 4.78 is 0. The highest BCUT2D eigenvalue weighted by Gasteiger charge is 2.21. The third-order valence-electron chi connectivity index (χ3n) is 2.91. The molecular formula is C15H23N3O2. The average Bonchev–Trinajstić information content (AvgIpc) is 2.42. The summed E-state index contributed by atoms with van der Waals surface area (Å²) >= 11 is 0. The Labute approximate surface area is 120 Å². The summed E-state index contributed by atoms with van der Waals surface area (Å²) in [6.45, 7) is 7.19. The van der Waals surface area contributed by atoms with Crippen molar-refractivity contribution in [2.45, 2.75) is 40.0 Å². The van der Waals surface area contributed by atoms with Gasteiger partial charge in [-0.3, -0.25) is 9.59 Å². The van der Waals surface area contributed by atoms with Crippen LogP contribution in [0.2, 0.25) is 0 Å². The van der Waals surface area contributed by atoms with Crippen LogP contribution in [0.5, 0.6) is 0 Å². The molecule has 0 bridgehead atoms. The second kappa shape index (κ2) is 8.30. The molecule has 0 saturated heterocycles. The first-order valence-corrected chi connectivity index (χ1v) is 7.11. The summed E-state index contributed by atoms with van der Waals surface area (Å²) in [6.07, 6.45) is 4.35. The van der Waals surface area contributed by atoms with Gasteiger partial charge in [0.15, 0.2) is 0 Å². The van der Waals surface area contributed by atoms with E-state index in [2.05, 4.69) is 17.2 Å². The Morgan fingerprint density at radius 3 is 2.60 bits per heavy atom. The highest BCUT2D eigenvalue weighted by atomic mass is 16.2. The number of carbonyl (C=O) groups excluding carboxylic acids is 2. The molecular weight excluding hydrogens is 254 g/mol. The standard InChI is InChI=1S/C15H23N3O2/c1-4-6-10-18(9-5-2)15(20)14(19)17-13-11-12(3)7-8-16-13/h7-8,11H,4-6,9-10H2,1-3H3,(H,16,17,19). The first kappa shape index (κ1) is 16.1.